The molecule has 0 bridgehead atoms. The van der Waals surface area contributed by atoms with Crippen molar-refractivity contribution >= 4 is 30.8 Å². The van der Waals surface area contributed by atoms with Crippen LogP contribution in [0.15, 0.2) is 0 Å². The summed E-state index contributed by atoms with van der Waals surface area (Å²) in [5, 5.41) is 0.318. The summed E-state index contributed by atoms with van der Waals surface area (Å²) in [5.74, 6) is 3.06. The molecule has 0 amide bonds. The number of hydrogen-bond donors (Lipinski definition) is 0. The van der Waals surface area contributed by atoms with Crippen LogP contribution in [0, 0.1) is 9.86 Å². The van der Waals surface area contributed by atoms with E-state index in [0.29, 0.717) is 5.04 Å². The summed E-state index contributed by atoms with van der Waals surface area (Å²) < 4.78 is 8.91. The van der Waals surface area contributed by atoms with Crippen LogP contribution >= 0.6 is 0 Å². The van der Waals surface area contributed by atoms with Crippen LogP contribution in [0.3, 0.4) is 0 Å². The average Bonchev–Trinajstić information content (AvgIpc) is 1.96. The van der Waals surface area contributed by atoms with E-state index >= 15 is 0 Å². The Labute approximate surface area is 96.8 Å². The van der Waals surface area contributed by atoms with Gasteiger partial charge in [-0.25, -0.2) is 0 Å². The van der Waals surface area contributed by atoms with Crippen LogP contribution < -0.4 is 0 Å². The van der Waals surface area contributed by atoms with Gasteiger partial charge in [0.05, 0.1) is 0 Å². The third-order valence-corrected chi connectivity index (χ3v) is 7.63. The molecule has 0 atom stereocenters. The molecule has 0 aliphatic heterocycles. The molecule has 0 heterocycles. The first-order chi connectivity index (χ1) is 5.81. The van der Waals surface area contributed by atoms with Gasteiger partial charge in [-0.3, -0.25) is 0 Å². The summed E-state index contributed by atoms with van der Waals surface area (Å²) in [4.78, 5) is 0. The maximum atomic E-state index is 5.94. The van der Waals surface area contributed by atoms with Gasteiger partial charge in [0.15, 0.2) is 0 Å². The van der Waals surface area contributed by atoms with Crippen LogP contribution in [0.2, 0.25) is 18.1 Å². The van der Waals surface area contributed by atoms with Crippen LogP contribution in [0.1, 0.15) is 27.2 Å². The van der Waals surface area contributed by atoms with Crippen LogP contribution in [0.25, 0.3) is 0 Å². The van der Waals surface area contributed by atoms with E-state index in [4.69, 9.17) is 4.43 Å². The van der Waals surface area contributed by atoms with Crippen LogP contribution in [-0.2, 0) is 4.43 Å². The molecule has 0 aliphatic rings. The molecule has 3 radical (unpaired) electrons. The van der Waals surface area contributed by atoms with Gasteiger partial charge in [-0.15, -0.1) is 0 Å². The molecule has 0 aliphatic carbocycles. The minimum atomic E-state index is -1.52. The molecule has 1 nitrogen and oxygen atoms in total. The van der Waals surface area contributed by atoms with Crippen molar-refractivity contribution in [3.8, 4) is 9.86 Å². The molecule has 0 aromatic carbocycles. The Morgan fingerprint density at radius 2 is 1.85 bits per heavy atom. The Balaban J connectivity index is 3.94. The molecule has 0 N–H and O–H groups in total. The van der Waals surface area contributed by atoms with E-state index in [1.165, 1.54) is 22.5 Å². The van der Waals surface area contributed by atoms with Crippen molar-refractivity contribution in [3.63, 3.8) is 0 Å². The molecule has 0 spiro atoms. The second-order valence-electron chi connectivity index (χ2n) is 4.66. The van der Waals surface area contributed by atoms with Gasteiger partial charge in [0.25, 0.3) is 0 Å². The molecular formula is C10H19OSiSn. The van der Waals surface area contributed by atoms with E-state index < -0.39 is 8.32 Å². The summed E-state index contributed by atoms with van der Waals surface area (Å²) in [5.41, 5.74) is 0. The molecule has 73 valence electrons. The van der Waals surface area contributed by atoms with Gasteiger partial charge in [-0.1, -0.05) is 0 Å². The molecule has 0 aromatic heterocycles. The summed E-state index contributed by atoms with van der Waals surface area (Å²) >= 11 is 1.29. The zero-order valence-electron chi connectivity index (χ0n) is 9.32. The van der Waals surface area contributed by atoms with E-state index in [9.17, 15) is 0 Å². The molecule has 0 saturated carbocycles. The van der Waals surface area contributed by atoms with Gasteiger partial charge < -0.3 is 0 Å². The minimum absolute atomic E-state index is 0.318. The fourth-order valence-corrected chi connectivity index (χ4v) is 2.04. The summed E-state index contributed by atoms with van der Waals surface area (Å²) in [6.07, 6.45) is 0.887. The predicted molar refractivity (Wildman–Crippen MR) is 61.3 cm³/mol. The molecular weight excluding hydrogens is 283 g/mol. The monoisotopic (exact) mass is 303 g/mol. The predicted octanol–water partition coefficient (Wildman–Crippen LogP) is 2.53. The van der Waals surface area contributed by atoms with Crippen molar-refractivity contribution < 1.29 is 4.43 Å². The Hall–Kier alpha value is 0.536. The second-order valence-corrected chi connectivity index (χ2v) is 10.2. The van der Waals surface area contributed by atoms with Crippen molar-refractivity contribution in [1.82, 2.24) is 0 Å². The number of hydrogen-bond acceptors (Lipinski definition) is 1. The van der Waals surface area contributed by atoms with Crippen molar-refractivity contribution in [3.05, 3.63) is 0 Å². The van der Waals surface area contributed by atoms with Crippen LogP contribution in [-0.4, -0.2) is 37.4 Å². The summed E-state index contributed by atoms with van der Waals surface area (Å²) in [7, 11) is -1.52. The first-order valence-electron chi connectivity index (χ1n) is 4.60. The standard InChI is InChI=1S/C10H19OSi.Sn/c1-7-8-9-11-12(5,6)10(2,3)4;/h8-9H2,2-6H3;. The van der Waals surface area contributed by atoms with Gasteiger partial charge in [-0.2, -0.15) is 0 Å². The zero-order valence-corrected chi connectivity index (χ0v) is 13.2. The molecule has 0 fully saturated rings. The quantitative estimate of drug-likeness (QED) is 0.442. The van der Waals surface area contributed by atoms with Gasteiger partial charge in [0.2, 0.25) is 0 Å². The molecule has 0 aromatic rings. The van der Waals surface area contributed by atoms with E-state index in [-0.39, 0.29) is 0 Å². The fraction of sp³-hybridized carbons (Fsp3) is 0.800. The zero-order chi connectivity index (χ0) is 10.5. The van der Waals surface area contributed by atoms with Crippen molar-refractivity contribution in [2.24, 2.45) is 0 Å². The normalized spacial score (nSPS) is 12.2. The Morgan fingerprint density at radius 3 is 2.23 bits per heavy atom. The molecule has 0 rings (SSSR count). The van der Waals surface area contributed by atoms with Gasteiger partial charge in [0.1, 0.15) is 0 Å². The Morgan fingerprint density at radius 1 is 1.31 bits per heavy atom. The maximum absolute atomic E-state index is 5.94. The average molecular weight is 302 g/mol. The van der Waals surface area contributed by atoms with Crippen molar-refractivity contribution in [2.75, 3.05) is 6.61 Å². The van der Waals surface area contributed by atoms with E-state index in [0.717, 1.165) is 13.0 Å². The number of rotatable bonds is 3. The van der Waals surface area contributed by atoms with Crippen LogP contribution in [0.5, 0.6) is 0 Å². The SMILES string of the molecule is CC(C)(C)[Si](C)(C)OCCC#[C][Sn]. The Bertz CT molecular complexity index is 207. The molecule has 3 heteroatoms. The first-order valence-corrected chi connectivity index (χ1v) is 8.93. The van der Waals surface area contributed by atoms with Gasteiger partial charge in [-0.05, 0) is 0 Å². The first kappa shape index (κ1) is 13.5. The van der Waals surface area contributed by atoms with E-state index in [1.807, 2.05) is 0 Å². The van der Waals surface area contributed by atoms with Crippen molar-refractivity contribution in [1.29, 1.82) is 0 Å². The van der Waals surface area contributed by atoms with E-state index in [2.05, 4.69) is 43.7 Å². The molecule has 13 heavy (non-hydrogen) atoms. The molecule has 0 unspecified atom stereocenters. The van der Waals surface area contributed by atoms with Gasteiger partial charge >= 0.3 is 97.1 Å². The van der Waals surface area contributed by atoms with Crippen LogP contribution in [0.4, 0.5) is 0 Å². The fourth-order valence-electron chi connectivity index (χ4n) is 0.636. The Kier molecular flexibility index (Phi) is 5.65. The summed E-state index contributed by atoms with van der Waals surface area (Å²) in [6.45, 7) is 12.1. The summed E-state index contributed by atoms with van der Waals surface area (Å²) in [6, 6.07) is 0. The topological polar surface area (TPSA) is 9.23 Å². The second kappa shape index (κ2) is 5.42. The molecule has 0 saturated heterocycles. The van der Waals surface area contributed by atoms with E-state index in [1.54, 1.807) is 0 Å². The third kappa shape index (κ3) is 5.09. The third-order valence-electron chi connectivity index (χ3n) is 2.58. The van der Waals surface area contributed by atoms with Gasteiger partial charge in [0, 0.05) is 0 Å². The van der Waals surface area contributed by atoms with Crippen molar-refractivity contribution in [2.45, 2.75) is 45.3 Å².